The fourth-order valence-electron chi connectivity index (χ4n) is 1.16. The summed E-state index contributed by atoms with van der Waals surface area (Å²) in [6, 6.07) is 6.15. The minimum absolute atomic E-state index is 0.335. The SMILES string of the molecule is Cc1ccc(OCC2CO2)cc1C. The van der Waals surface area contributed by atoms with Crippen LogP contribution >= 0.6 is 0 Å². The minimum atomic E-state index is 0.335. The molecular formula is C11H14O2. The molecule has 1 aliphatic heterocycles. The van der Waals surface area contributed by atoms with E-state index >= 15 is 0 Å². The lowest BCUT2D eigenvalue weighted by Gasteiger charge is -2.06. The highest BCUT2D eigenvalue weighted by molar-refractivity contribution is 5.33. The van der Waals surface area contributed by atoms with Crippen molar-refractivity contribution >= 4 is 0 Å². The molecule has 1 heterocycles. The van der Waals surface area contributed by atoms with E-state index in [9.17, 15) is 0 Å². The number of aryl methyl sites for hydroxylation is 2. The summed E-state index contributed by atoms with van der Waals surface area (Å²) < 4.78 is 10.6. The lowest BCUT2D eigenvalue weighted by atomic mass is 10.1. The van der Waals surface area contributed by atoms with Gasteiger partial charge in [0.05, 0.1) is 6.61 Å². The van der Waals surface area contributed by atoms with E-state index in [0.717, 1.165) is 12.4 Å². The van der Waals surface area contributed by atoms with E-state index in [2.05, 4.69) is 26.0 Å². The summed E-state index contributed by atoms with van der Waals surface area (Å²) in [5, 5.41) is 0. The molecule has 1 aliphatic rings. The van der Waals surface area contributed by atoms with E-state index in [0.29, 0.717) is 12.7 Å². The van der Waals surface area contributed by atoms with Gasteiger partial charge in [0.1, 0.15) is 18.5 Å². The smallest absolute Gasteiger partial charge is 0.119 e. The van der Waals surface area contributed by atoms with Gasteiger partial charge in [-0.25, -0.2) is 0 Å². The first-order chi connectivity index (χ1) is 6.25. The van der Waals surface area contributed by atoms with Crippen molar-refractivity contribution < 1.29 is 9.47 Å². The van der Waals surface area contributed by atoms with E-state index in [1.807, 2.05) is 6.07 Å². The molecule has 0 aromatic heterocycles. The number of benzene rings is 1. The third kappa shape index (κ3) is 2.22. The first-order valence-electron chi connectivity index (χ1n) is 4.57. The van der Waals surface area contributed by atoms with Crippen molar-refractivity contribution in [2.24, 2.45) is 0 Å². The predicted molar refractivity (Wildman–Crippen MR) is 51.2 cm³/mol. The van der Waals surface area contributed by atoms with Crippen LogP contribution in [0.25, 0.3) is 0 Å². The molecule has 0 amide bonds. The number of epoxide rings is 1. The zero-order valence-corrected chi connectivity index (χ0v) is 8.04. The second-order valence-corrected chi connectivity index (χ2v) is 3.51. The second-order valence-electron chi connectivity index (χ2n) is 3.51. The Morgan fingerprint density at radius 1 is 1.38 bits per heavy atom. The van der Waals surface area contributed by atoms with Crippen molar-refractivity contribution in [2.75, 3.05) is 13.2 Å². The molecule has 0 saturated carbocycles. The van der Waals surface area contributed by atoms with Crippen LogP contribution in [0.5, 0.6) is 5.75 Å². The molecule has 1 aromatic rings. The zero-order valence-electron chi connectivity index (χ0n) is 8.04. The van der Waals surface area contributed by atoms with Crippen LogP contribution in [0.4, 0.5) is 0 Å². The van der Waals surface area contributed by atoms with Gasteiger partial charge in [-0.15, -0.1) is 0 Å². The predicted octanol–water partition coefficient (Wildman–Crippen LogP) is 2.08. The molecule has 0 bridgehead atoms. The average molecular weight is 178 g/mol. The molecule has 0 aliphatic carbocycles. The maximum atomic E-state index is 5.54. The highest BCUT2D eigenvalue weighted by atomic mass is 16.6. The Bertz CT molecular complexity index is 303. The van der Waals surface area contributed by atoms with Crippen molar-refractivity contribution in [1.82, 2.24) is 0 Å². The van der Waals surface area contributed by atoms with Crippen LogP contribution < -0.4 is 4.74 Å². The Balaban J connectivity index is 1.98. The van der Waals surface area contributed by atoms with Gasteiger partial charge >= 0.3 is 0 Å². The summed E-state index contributed by atoms with van der Waals surface area (Å²) in [6.07, 6.45) is 0.335. The van der Waals surface area contributed by atoms with E-state index < -0.39 is 0 Å². The molecule has 2 heteroatoms. The summed E-state index contributed by atoms with van der Waals surface area (Å²) in [4.78, 5) is 0. The van der Waals surface area contributed by atoms with E-state index in [1.165, 1.54) is 11.1 Å². The quantitative estimate of drug-likeness (QED) is 0.661. The van der Waals surface area contributed by atoms with Gasteiger partial charge in [-0.05, 0) is 37.1 Å². The van der Waals surface area contributed by atoms with E-state index in [1.54, 1.807) is 0 Å². The van der Waals surface area contributed by atoms with Gasteiger partial charge in [0, 0.05) is 0 Å². The average Bonchev–Trinajstić information content (AvgIpc) is 2.91. The van der Waals surface area contributed by atoms with Gasteiger partial charge in [-0.1, -0.05) is 6.07 Å². The minimum Gasteiger partial charge on any atom is -0.491 e. The van der Waals surface area contributed by atoms with Gasteiger partial charge in [0.25, 0.3) is 0 Å². The highest BCUT2D eigenvalue weighted by Gasteiger charge is 2.22. The monoisotopic (exact) mass is 178 g/mol. The van der Waals surface area contributed by atoms with Crippen LogP contribution in [0.2, 0.25) is 0 Å². The molecule has 1 fully saturated rings. The van der Waals surface area contributed by atoms with E-state index in [-0.39, 0.29) is 0 Å². The summed E-state index contributed by atoms with van der Waals surface area (Å²) in [5.41, 5.74) is 2.57. The Hall–Kier alpha value is -1.02. The van der Waals surface area contributed by atoms with Crippen LogP contribution in [0.15, 0.2) is 18.2 Å². The Morgan fingerprint density at radius 3 is 2.77 bits per heavy atom. The second kappa shape index (κ2) is 3.38. The third-order valence-electron chi connectivity index (χ3n) is 2.32. The van der Waals surface area contributed by atoms with Gasteiger partial charge in [0.2, 0.25) is 0 Å². The maximum absolute atomic E-state index is 5.54. The largest absolute Gasteiger partial charge is 0.491 e. The molecule has 2 nitrogen and oxygen atoms in total. The third-order valence-corrected chi connectivity index (χ3v) is 2.32. The number of ether oxygens (including phenoxy) is 2. The Labute approximate surface area is 78.5 Å². The van der Waals surface area contributed by atoms with Gasteiger partial charge in [-0.3, -0.25) is 0 Å². The number of hydrogen-bond acceptors (Lipinski definition) is 2. The Morgan fingerprint density at radius 2 is 2.15 bits per heavy atom. The van der Waals surface area contributed by atoms with Crippen molar-refractivity contribution in [3.8, 4) is 5.75 Å². The first-order valence-corrected chi connectivity index (χ1v) is 4.57. The standard InChI is InChI=1S/C11H14O2/c1-8-3-4-10(5-9(8)2)12-6-11-7-13-11/h3-5,11H,6-7H2,1-2H3. The normalized spacial score (nSPS) is 20.0. The summed E-state index contributed by atoms with van der Waals surface area (Å²) >= 11 is 0. The van der Waals surface area contributed by atoms with Crippen molar-refractivity contribution in [3.05, 3.63) is 29.3 Å². The van der Waals surface area contributed by atoms with Crippen LogP contribution in [0.1, 0.15) is 11.1 Å². The molecule has 0 spiro atoms. The first kappa shape index (κ1) is 8.57. The van der Waals surface area contributed by atoms with Crippen molar-refractivity contribution in [3.63, 3.8) is 0 Å². The molecule has 70 valence electrons. The Kier molecular flexibility index (Phi) is 2.23. The fourth-order valence-corrected chi connectivity index (χ4v) is 1.16. The lowest BCUT2D eigenvalue weighted by molar-refractivity contribution is 0.263. The highest BCUT2D eigenvalue weighted by Crippen LogP contribution is 2.18. The maximum Gasteiger partial charge on any atom is 0.119 e. The molecule has 0 N–H and O–H groups in total. The molecule has 0 radical (unpaired) electrons. The number of hydrogen-bond donors (Lipinski definition) is 0. The van der Waals surface area contributed by atoms with Crippen molar-refractivity contribution in [1.29, 1.82) is 0 Å². The fraction of sp³-hybridized carbons (Fsp3) is 0.455. The van der Waals surface area contributed by atoms with Crippen LogP contribution in [-0.2, 0) is 4.74 Å². The molecule has 2 rings (SSSR count). The lowest BCUT2D eigenvalue weighted by Crippen LogP contribution is -2.04. The molecule has 1 unspecified atom stereocenters. The topological polar surface area (TPSA) is 21.8 Å². The van der Waals surface area contributed by atoms with Gasteiger partial charge in [0.15, 0.2) is 0 Å². The van der Waals surface area contributed by atoms with Crippen LogP contribution in [0.3, 0.4) is 0 Å². The zero-order chi connectivity index (χ0) is 9.26. The number of rotatable bonds is 3. The van der Waals surface area contributed by atoms with Crippen LogP contribution in [-0.4, -0.2) is 19.3 Å². The summed E-state index contributed by atoms with van der Waals surface area (Å²) in [6.45, 7) is 5.73. The van der Waals surface area contributed by atoms with E-state index in [4.69, 9.17) is 9.47 Å². The summed E-state index contributed by atoms with van der Waals surface area (Å²) in [5.74, 6) is 0.943. The van der Waals surface area contributed by atoms with Crippen LogP contribution in [0, 0.1) is 13.8 Å². The molecule has 1 saturated heterocycles. The van der Waals surface area contributed by atoms with Crippen molar-refractivity contribution in [2.45, 2.75) is 20.0 Å². The molecule has 1 atom stereocenters. The molecule has 1 aromatic carbocycles. The molecule has 13 heavy (non-hydrogen) atoms. The summed E-state index contributed by atoms with van der Waals surface area (Å²) in [7, 11) is 0. The van der Waals surface area contributed by atoms with Gasteiger partial charge in [-0.2, -0.15) is 0 Å². The van der Waals surface area contributed by atoms with Gasteiger partial charge < -0.3 is 9.47 Å². The molecular weight excluding hydrogens is 164 g/mol.